The first kappa shape index (κ1) is 16.1. The molecule has 0 rings (SSSR count). The highest BCUT2D eigenvalue weighted by Gasteiger charge is 2.28. The molecule has 0 fully saturated rings. The molecular formula is C11H19O5S-. The van der Waals surface area contributed by atoms with E-state index in [9.17, 15) is 17.8 Å². The molecule has 0 N–H and O–H groups in total. The smallest absolute Gasteiger partial charge is 0.330 e. The molecule has 0 radical (unpaired) electrons. The molecule has 100 valence electrons. The first-order valence-electron chi connectivity index (χ1n) is 5.39. The lowest BCUT2D eigenvalue weighted by atomic mass is 9.89. The maximum Gasteiger partial charge on any atom is 0.330 e. The largest absolute Gasteiger partial charge is 0.748 e. The highest BCUT2D eigenvalue weighted by molar-refractivity contribution is 7.86. The van der Waals surface area contributed by atoms with Crippen LogP contribution in [-0.4, -0.2) is 30.3 Å². The van der Waals surface area contributed by atoms with Crippen LogP contribution in [0.1, 0.15) is 27.7 Å². The predicted molar refractivity (Wildman–Crippen MR) is 63.2 cm³/mol. The van der Waals surface area contributed by atoms with E-state index >= 15 is 0 Å². The van der Waals surface area contributed by atoms with Gasteiger partial charge in [-0.1, -0.05) is 20.4 Å². The second kappa shape index (κ2) is 6.16. The van der Waals surface area contributed by atoms with Crippen LogP contribution >= 0.6 is 0 Å². The summed E-state index contributed by atoms with van der Waals surface area (Å²) in [4.78, 5) is 11.0. The molecule has 4 unspecified atom stereocenters. The first-order chi connectivity index (χ1) is 7.61. The van der Waals surface area contributed by atoms with Crippen molar-refractivity contribution in [2.75, 3.05) is 0 Å². The summed E-state index contributed by atoms with van der Waals surface area (Å²) in [5.74, 6) is -1.20. The SMILES string of the molecule is C=CC(=O)OC(C)C(C)C(C)C(C)S(=O)(=O)[O-]. The van der Waals surface area contributed by atoms with Gasteiger partial charge in [0.15, 0.2) is 0 Å². The Morgan fingerprint density at radius 1 is 1.24 bits per heavy atom. The Balaban J connectivity index is 4.64. The zero-order chi connectivity index (χ0) is 13.8. The van der Waals surface area contributed by atoms with Crippen LogP contribution in [0.4, 0.5) is 0 Å². The fourth-order valence-electron chi connectivity index (χ4n) is 1.46. The molecule has 0 heterocycles. The van der Waals surface area contributed by atoms with Crippen LogP contribution in [-0.2, 0) is 19.6 Å². The van der Waals surface area contributed by atoms with Gasteiger partial charge in [-0.15, -0.1) is 0 Å². The van der Waals surface area contributed by atoms with Crippen LogP contribution in [0.2, 0.25) is 0 Å². The summed E-state index contributed by atoms with van der Waals surface area (Å²) in [5, 5.41) is -1.01. The van der Waals surface area contributed by atoms with E-state index < -0.39 is 33.4 Å². The molecule has 0 amide bonds. The van der Waals surface area contributed by atoms with Crippen LogP contribution in [0.15, 0.2) is 12.7 Å². The van der Waals surface area contributed by atoms with Gasteiger partial charge in [-0.2, -0.15) is 0 Å². The number of carbonyl (C=O) groups excluding carboxylic acids is 1. The Labute approximate surface area is 103 Å². The van der Waals surface area contributed by atoms with Crippen molar-refractivity contribution in [2.24, 2.45) is 11.8 Å². The minimum atomic E-state index is -4.33. The van der Waals surface area contributed by atoms with Gasteiger partial charge in [0.2, 0.25) is 0 Å². The summed E-state index contributed by atoms with van der Waals surface area (Å²) in [6.45, 7) is 9.70. The summed E-state index contributed by atoms with van der Waals surface area (Å²) in [5.41, 5.74) is 0. The molecule has 0 saturated carbocycles. The van der Waals surface area contributed by atoms with Crippen molar-refractivity contribution in [3.8, 4) is 0 Å². The van der Waals surface area contributed by atoms with Crippen molar-refractivity contribution < 1.29 is 22.5 Å². The van der Waals surface area contributed by atoms with E-state index in [1.54, 1.807) is 20.8 Å². The lowest BCUT2D eigenvalue weighted by Crippen LogP contribution is -2.35. The van der Waals surface area contributed by atoms with E-state index in [1.807, 2.05) is 0 Å². The topological polar surface area (TPSA) is 83.5 Å². The molecular weight excluding hydrogens is 244 g/mol. The van der Waals surface area contributed by atoms with Gasteiger partial charge in [0.05, 0.1) is 10.1 Å². The zero-order valence-electron chi connectivity index (χ0n) is 10.5. The van der Waals surface area contributed by atoms with Gasteiger partial charge in [-0.3, -0.25) is 0 Å². The van der Waals surface area contributed by atoms with Crippen molar-refractivity contribution in [3.63, 3.8) is 0 Å². The molecule has 0 aliphatic carbocycles. The average molecular weight is 263 g/mol. The number of hydrogen-bond acceptors (Lipinski definition) is 5. The van der Waals surface area contributed by atoms with Crippen molar-refractivity contribution in [2.45, 2.75) is 39.0 Å². The Bertz CT molecular complexity index is 373. The number of carbonyl (C=O) groups is 1. The molecule has 17 heavy (non-hydrogen) atoms. The van der Waals surface area contributed by atoms with E-state index in [4.69, 9.17) is 4.74 Å². The van der Waals surface area contributed by atoms with Crippen LogP contribution in [0.3, 0.4) is 0 Å². The monoisotopic (exact) mass is 263 g/mol. The van der Waals surface area contributed by atoms with E-state index in [-0.39, 0.29) is 5.92 Å². The zero-order valence-corrected chi connectivity index (χ0v) is 11.4. The molecule has 0 aromatic rings. The lowest BCUT2D eigenvalue weighted by molar-refractivity contribution is -0.145. The number of hydrogen-bond donors (Lipinski definition) is 0. The molecule has 0 saturated heterocycles. The van der Waals surface area contributed by atoms with E-state index in [0.717, 1.165) is 6.08 Å². The van der Waals surface area contributed by atoms with Crippen LogP contribution in [0, 0.1) is 11.8 Å². The minimum absolute atomic E-state index is 0.238. The highest BCUT2D eigenvalue weighted by Crippen LogP contribution is 2.24. The molecule has 0 aliphatic rings. The maximum atomic E-state index is 11.0. The third kappa shape index (κ3) is 4.87. The first-order valence-corrected chi connectivity index (χ1v) is 6.86. The van der Waals surface area contributed by atoms with Gasteiger partial charge in [0, 0.05) is 11.3 Å². The van der Waals surface area contributed by atoms with Gasteiger partial charge in [-0.05, 0) is 25.7 Å². The van der Waals surface area contributed by atoms with E-state index in [2.05, 4.69) is 6.58 Å². The molecule has 4 atom stereocenters. The van der Waals surface area contributed by atoms with Crippen molar-refractivity contribution in [1.29, 1.82) is 0 Å². The molecule has 0 aromatic heterocycles. The Morgan fingerprint density at radius 2 is 1.71 bits per heavy atom. The van der Waals surface area contributed by atoms with Crippen LogP contribution in [0.5, 0.6) is 0 Å². The summed E-state index contributed by atoms with van der Waals surface area (Å²) in [6, 6.07) is 0. The summed E-state index contributed by atoms with van der Waals surface area (Å²) in [7, 11) is -4.33. The third-order valence-electron chi connectivity index (χ3n) is 3.23. The predicted octanol–water partition coefficient (Wildman–Crippen LogP) is 1.31. The fraction of sp³-hybridized carbons (Fsp3) is 0.727. The normalized spacial score (nSPS) is 18.9. The molecule has 0 spiro atoms. The van der Waals surface area contributed by atoms with Gasteiger partial charge in [0.25, 0.3) is 0 Å². The third-order valence-corrected chi connectivity index (χ3v) is 4.57. The summed E-state index contributed by atoms with van der Waals surface area (Å²) in [6.07, 6.45) is 0.571. The Hall–Kier alpha value is -0.880. The molecule has 0 aliphatic heterocycles. The van der Waals surface area contributed by atoms with Gasteiger partial charge >= 0.3 is 5.97 Å². The van der Waals surface area contributed by atoms with E-state index in [1.165, 1.54) is 6.92 Å². The quantitative estimate of drug-likeness (QED) is 0.410. The Morgan fingerprint density at radius 3 is 2.06 bits per heavy atom. The fourth-order valence-corrected chi connectivity index (χ4v) is 2.23. The maximum absolute atomic E-state index is 11.0. The van der Waals surface area contributed by atoms with E-state index in [0.29, 0.717) is 0 Å². The molecule has 0 bridgehead atoms. The number of ether oxygens (including phenoxy) is 1. The summed E-state index contributed by atoms with van der Waals surface area (Å²) < 4.78 is 37.7. The summed E-state index contributed by atoms with van der Waals surface area (Å²) >= 11 is 0. The number of esters is 1. The second-order valence-electron chi connectivity index (χ2n) is 4.26. The standard InChI is InChI=1S/C11H20O5S/c1-6-11(12)16-9(4)7(2)8(3)10(5)17(13,14)15/h6-10H,1H2,2-5H3,(H,13,14,15)/p-1. The second-order valence-corrected chi connectivity index (χ2v) is 5.99. The van der Waals surface area contributed by atoms with Crippen molar-refractivity contribution in [3.05, 3.63) is 12.7 Å². The minimum Gasteiger partial charge on any atom is -0.748 e. The highest BCUT2D eigenvalue weighted by atomic mass is 32.2. The molecule has 6 heteroatoms. The average Bonchev–Trinajstić information content (AvgIpc) is 2.24. The van der Waals surface area contributed by atoms with Crippen LogP contribution in [0.25, 0.3) is 0 Å². The van der Waals surface area contributed by atoms with Gasteiger partial charge < -0.3 is 9.29 Å². The van der Waals surface area contributed by atoms with Gasteiger partial charge in [0.1, 0.15) is 6.10 Å². The Kier molecular flexibility index (Phi) is 5.84. The van der Waals surface area contributed by atoms with Gasteiger partial charge in [-0.25, -0.2) is 13.2 Å². The molecule has 0 aromatic carbocycles. The van der Waals surface area contributed by atoms with Crippen molar-refractivity contribution >= 4 is 16.1 Å². The number of rotatable bonds is 6. The molecule has 5 nitrogen and oxygen atoms in total. The van der Waals surface area contributed by atoms with Crippen molar-refractivity contribution in [1.82, 2.24) is 0 Å². The lowest BCUT2D eigenvalue weighted by Gasteiger charge is -2.31. The van der Waals surface area contributed by atoms with Crippen LogP contribution < -0.4 is 0 Å².